The number of hydrogen-bond acceptors (Lipinski definition) is 2. The Labute approximate surface area is 123 Å². The Bertz CT molecular complexity index is 396. The molecule has 0 aromatic heterocycles. The molecule has 2 rings (SSSR count). The lowest BCUT2D eigenvalue weighted by Crippen LogP contribution is -2.30. The van der Waals surface area contributed by atoms with Crippen LogP contribution >= 0.6 is 0 Å². The third-order valence-corrected chi connectivity index (χ3v) is 4.77. The molecule has 0 heterocycles. The van der Waals surface area contributed by atoms with Crippen molar-refractivity contribution in [2.75, 3.05) is 6.54 Å². The van der Waals surface area contributed by atoms with E-state index in [-0.39, 0.29) is 0 Å². The molecule has 0 atom stereocenters. The number of rotatable bonds is 4. The molecule has 1 aromatic rings. The molecular formula is C18H29NO. The minimum Gasteiger partial charge on any atom is -0.508 e. The first-order valence-corrected chi connectivity index (χ1v) is 7.94. The fourth-order valence-corrected chi connectivity index (χ4v) is 3.27. The Morgan fingerprint density at radius 3 is 2.20 bits per heavy atom. The molecule has 2 N–H and O–H groups in total. The number of hydrogen-bond donors (Lipinski definition) is 2. The lowest BCUT2D eigenvalue weighted by molar-refractivity contribution is 0.149. The van der Waals surface area contributed by atoms with Crippen molar-refractivity contribution < 1.29 is 5.11 Å². The maximum absolute atomic E-state index is 9.26. The van der Waals surface area contributed by atoms with Gasteiger partial charge < -0.3 is 10.4 Å². The van der Waals surface area contributed by atoms with Crippen molar-refractivity contribution in [2.45, 2.75) is 53.0 Å². The van der Waals surface area contributed by atoms with E-state index in [0.29, 0.717) is 11.2 Å². The largest absolute Gasteiger partial charge is 0.508 e. The number of phenolic OH excluding ortho intramolecular Hbond substituents is 1. The van der Waals surface area contributed by atoms with E-state index in [0.717, 1.165) is 24.9 Å². The highest BCUT2D eigenvalue weighted by molar-refractivity contribution is 5.25. The van der Waals surface area contributed by atoms with Gasteiger partial charge in [-0.05, 0) is 67.2 Å². The highest BCUT2D eigenvalue weighted by Crippen LogP contribution is 2.39. The molecule has 0 amide bonds. The van der Waals surface area contributed by atoms with Crippen LogP contribution in [0.2, 0.25) is 0 Å². The standard InChI is InChI=1S/C18H29NO/c1-18(2,3)16-8-4-14(5-9-16)12-19-13-15-6-10-17(20)11-7-15/h6-7,10-11,14,16,19-20H,4-5,8-9,12-13H2,1-3H3. The topological polar surface area (TPSA) is 32.3 Å². The maximum Gasteiger partial charge on any atom is 0.115 e. The molecule has 112 valence electrons. The zero-order valence-corrected chi connectivity index (χ0v) is 13.2. The fourth-order valence-electron chi connectivity index (χ4n) is 3.27. The van der Waals surface area contributed by atoms with Gasteiger partial charge in [-0.1, -0.05) is 32.9 Å². The Kier molecular flexibility index (Phi) is 5.09. The number of aromatic hydroxyl groups is 1. The van der Waals surface area contributed by atoms with Crippen LogP contribution in [0.4, 0.5) is 0 Å². The molecule has 0 aliphatic heterocycles. The van der Waals surface area contributed by atoms with Gasteiger partial charge in [-0.25, -0.2) is 0 Å². The van der Waals surface area contributed by atoms with E-state index in [1.165, 1.54) is 31.2 Å². The van der Waals surface area contributed by atoms with Gasteiger partial charge in [0.15, 0.2) is 0 Å². The van der Waals surface area contributed by atoms with Gasteiger partial charge in [0, 0.05) is 6.54 Å². The minimum atomic E-state index is 0.342. The molecule has 0 radical (unpaired) electrons. The first-order valence-electron chi connectivity index (χ1n) is 7.94. The van der Waals surface area contributed by atoms with Gasteiger partial charge in [0.05, 0.1) is 0 Å². The molecule has 2 nitrogen and oxygen atoms in total. The van der Waals surface area contributed by atoms with Gasteiger partial charge in [-0.2, -0.15) is 0 Å². The zero-order chi connectivity index (χ0) is 14.6. The van der Waals surface area contributed by atoms with Crippen molar-refractivity contribution in [2.24, 2.45) is 17.3 Å². The lowest BCUT2D eigenvalue weighted by atomic mass is 9.70. The molecule has 0 spiro atoms. The summed E-state index contributed by atoms with van der Waals surface area (Å²) >= 11 is 0. The average Bonchev–Trinajstić information content (AvgIpc) is 2.41. The Balaban J connectivity index is 1.67. The molecule has 1 saturated carbocycles. The van der Waals surface area contributed by atoms with Crippen LogP contribution in [0.25, 0.3) is 0 Å². The van der Waals surface area contributed by atoms with Crippen LogP contribution in [0.15, 0.2) is 24.3 Å². The van der Waals surface area contributed by atoms with E-state index in [4.69, 9.17) is 0 Å². The van der Waals surface area contributed by atoms with Crippen LogP contribution < -0.4 is 5.32 Å². The van der Waals surface area contributed by atoms with Gasteiger partial charge >= 0.3 is 0 Å². The number of nitrogens with one attached hydrogen (secondary N) is 1. The van der Waals surface area contributed by atoms with Crippen molar-refractivity contribution in [3.05, 3.63) is 29.8 Å². The number of phenols is 1. The zero-order valence-electron chi connectivity index (χ0n) is 13.2. The lowest BCUT2D eigenvalue weighted by Gasteiger charge is -2.37. The van der Waals surface area contributed by atoms with Gasteiger partial charge in [0.1, 0.15) is 5.75 Å². The Hall–Kier alpha value is -1.02. The van der Waals surface area contributed by atoms with Crippen molar-refractivity contribution in [3.8, 4) is 5.75 Å². The predicted octanol–water partition coefficient (Wildman–Crippen LogP) is 4.33. The summed E-state index contributed by atoms with van der Waals surface area (Å²) in [5, 5.41) is 12.8. The minimum absolute atomic E-state index is 0.342. The molecule has 0 unspecified atom stereocenters. The van der Waals surface area contributed by atoms with E-state index in [9.17, 15) is 5.11 Å². The second-order valence-electron chi connectivity index (χ2n) is 7.38. The SMILES string of the molecule is CC(C)(C)C1CCC(CNCc2ccc(O)cc2)CC1. The van der Waals surface area contributed by atoms with Gasteiger partial charge in [-0.3, -0.25) is 0 Å². The van der Waals surface area contributed by atoms with Gasteiger partial charge in [-0.15, -0.1) is 0 Å². The van der Waals surface area contributed by atoms with Crippen LogP contribution in [0.1, 0.15) is 52.0 Å². The van der Waals surface area contributed by atoms with Gasteiger partial charge in [0.25, 0.3) is 0 Å². The van der Waals surface area contributed by atoms with E-state index in [1.807, 2.05) is 12.1 Å². The highest BCUT2D eigenvalue weighted by Gasteiger charge is 2.29. The van der Waals surface area contributed by atoms with Crippen LogP contribution in [0.5, 0.6) is 5.75 Å². The molecule has 1 aliphatic carbocycles. The summed E-state index contributed by atoms with van der Waals surface area (Å²) in [5.74, 6) is 2.08. The van der Waals surface area contributed by atoms with Crippen molar-refractivity contribution in [1.29, 1.82) is 0 Å². The third-order valence-electron chi connectivity index (χ3n) is 4.77. The van der Waals surface area contributed by atoms with Crippen LogP contribution in [0, 0.1) is 17.3 Å². The molecule has 1 aromatic carbocycles. The van der Waals surface area contributed by atoms with E-state index in [2.05, 4.69) is 26.1 Å². The van der Waals surface area contributed by atoms with E-state index >= 15 is 0 Å². The Morgan fingerprint density at radius 1 is 1.05 bits per heavy atom. The predicted molar refractivity (Wildman–Crippen MR) is 84.7 cm³/mol. The highest BCUT2D eigenvalue weighted by atomic mass is 16.3. The summed E-state index contributed by atoms with van der Waals surface area (Å²) < 4.78 is 0. The molecule has 1 aliphatic rings. The molecular weight excluding hydrogens is 246 g/mol. The van der Waals surface area contributed by atoms with Crippen LogP contribution in [-0.4, -0.2) is 11.7 Å². The van der Waals surface area contributed by atoms with Gasteiger partial charge in [0.2, 0.25) is 0 Å². The molecule has 0 bridgehead atoms. The molecule has 0 saturated heterocycles. The first-order chi connectivity index (χ1) is 9.45. The monoisotopic (exact) mass is 275 g/mol. The van der Waals surface area contributed by atoms with Crippen LogP contribution in [-0.2, 0) is 6.54 Å². The summed E-state index contributed by atoms with van der Waals surface area (Å²) in [4.78, 5) is 0. The summed E-state index contributed by atoms with van der Waals surface area (Å²) in [6, 6.07) is 7.48. The van der Waals surface area contributed by atoms with Crippen molar-refractivity contribution in [3.63, 3.8) is 0 Å². The van der Waals surface area contributed by atoms with Crippen molar-refractivity contribution in [1.82, 2.24) is 5.32 Å². The van der Waals surface area contributed by atoms with E-state index < -0.39 is 0 Å². The maximum atomic E-state index is 9.26. The molecule has 1 fully saturated rings. The van der Waals surface area contributed by atoms with E-state index in [1.54, 1.807) is 12.1 Å². The second-order valence-corrected chi connectivity index (χ2v) is 7.38. The summed E-state index contributed by atoms with van der Waals surface area (Å²) in [6.07, 6.45) is 5.50. The summed E-state index contributed by atoms with van der Waals surface area (Å²) in [7, 11) is 0. The fraction of sp³-hybridized carbons (Fsp3) is 0.667. The smallest absolute Gasteiger partial charge is 0.115 e. The summed E-state index contributed by atoms with van der Waals surface area (Å²) in [5.41, 5.74) is 1.72. The molecule has 20 heavy (non-hydrogen) atoms. The average molecular weight is 275 g/mol. The third kappa shape index (κ3) is 4.52. The normalized spacial score (nSPS) is 23.8. The quantitative estimate of drug-likeness (QED) is 0.857. The second kappa shape index (κ2) is 6.62. The summed E-state index contributed by atoms with van der Waals surface area (Å²) in [6.45, 7) is 9.15. The van der Waals surface area contributed by atoms with Crippen molar-refractivity contribution >= 4 is 0 Å². The Morgan fingerprint density at radius 2 is 1.65 bits per heavy atom. The number of benzene rings is 1. The first kappa shape index (κ1) is 15.4. The van der Waals surface area contributed by atoms with Crippen LogP contribution in [0.3, 0.4) is 0 Å². The molecule has 2 heteroatoms.